The highest BCUT2D eigenvalue weighted by Crippen LogP contribution is 2.38. The van der Waals surface area contributed by atoms with Gasteiger partial charge < -0.3 is 14.6 Å². The molecule has 0 saturated heterocycles. The second-order valence-corrected chi connectivity index (χ2v) is 13.0. The topological polar surface area (TPSA) is 143 Å². The molecule has 0 unspecified atom stereocenters. The van der Waals surface area contributed by atoms with Crippen LogP contribution in [0.5, 0.6) is 0 Å². The van der Waals surface area contributed by atoms with Gasteiger partial charge in [-0.15, -0.1) is 0 Å². The van der Waals surface area contributed by atoms with Crippen LogP contribution in [0.3, 0.4) is 0 Å². The highest BCUT2D eigenvalue weighted by Gasteiger charge is 2.28. The Morgan fingerprint density at radius 1 is 0.712 bits per heavy atom. The van der Waals surface area contributed by atoms with Crippen molar-refractivity contribution in [2.24, 2.45) is 0 Å². The van der Waals surface area contributed by atoms with E-state index in [9.17, 15) is 18.7 Å². The van der Waals surface area contributed by atoms with E-state index in [4.69, 9.17) is 19.4 Å². The molecule has 2 aromatic carbocycles. The molecule has 0 fully saturated rings. The first-order valence-electron chi connectivity index (χ1n) is 16.8. The molecule has 1 N–H and O–H groups in total. The molecule has 0 bridgehead atoms. The molecule has 2 aliphatic heterocycles. The van der Waals surface area contributed by atoms with Crippen LogP contribution in [0.2, 0.25) is 0 Å². The van der Waals surface area contributed by atoms with E-state index in [0.29, 0.717) is 59.9 Å². The molecule has 12 nitrogen and oxygen atoms in total. The summed E-state index contributed by atoms with van der Waals surface area (Å²) in [4.78, 5) is 30.0. The standard InChI is InChI=1S/C19H19FN4O2.C19H17FN4O2/c2*1-11(2)18-14(7-25)17(12-3-5-13(20)6-4-12)15-8-26-9-16-21-10-22-24(16)19(15)23-18/h3-6,10-11,25H,7-9H2,1-2H3;3-7,10-11H,8-9H2,1-2H3. The zero-order valence-corrected chi connectivity index (χ0v) is 29.0. The molecular formula is C38H36F2N8O4. The Hall–Kier alpha value is -5.57. The lowest BCUT2D eigenvalue weighted by Gasteiger charge is -2.21. The number of halogens is 2. The Kier molecular flexibility index (Phi) is 9.77. The first-order valence-corrected chi connectivity index (χ1v) is 16.8. The Balaban J connectivity index is 0.000000162. The van der Waals surface area contributed by atoms with E-state index in [1.165, 1.54) is 36.9 Å². The fraction of sp³-hybridized carbons (Fsp3) is 0.289. The molecule has 6 aromatic rings. The lowest BCUT2D eigenvalue weighted by Crippen LogP contribution is -2.13. The van der Waals surface area contributed by atoms with Crippen LogP contribution >= 0.6 is 0 Å². The van der Waals surface area contributed by atoms with E-state index in [1.807, 2.05) is 27.7 Å². The molecule has 0 aliphatic carbocycles. The molecule has 8 rings (SSSR count). The number of carbonyl (C=O) groups excluding carboxylic acids is 1. The van der Waals surface area contributed by atoms with Crippen molar-refractivity contribution in [3.05, 3.63) is 118 Å². The zero-order valence-electron chi connectivity index (χ0n) is 29.0. The maximum atomic E-state index is 13.4. The molecular weight excluding hydrogens is 670 g/mol. The Labute approximate surface area is 298 Å². The molecule has 6 heterocycles. The van der Waals surface area contributed by atoms with Gasteiger partial charge in [0.15, 0.2) is 29.6 Å². The predicted octanol–water partition coefficient (Wildman–Crippen LogP) is 6.55. The maximum absolute atomic E-state index is 13.4. The van der Waals surface area contributed by atoms with Gasteiger partial charge in [-0.2, -0.15) is 19.6 Å². The van der Waals surface area contributed by atoms with E-state index in [1.54, 1.807) is 33.6 Å². The summed E-state index contributed by atoms with van der Waals surface area (Å²) in [5.74, 6) is 2.05. The number of hydrogen-bond donors (Lipinski definition) is 1. The van der Waals surface area contributed by atoms with Crippen LogP contribution in [0.4, 0.5) is 8.78 Å². The van der Waals surface area contributed by atoms with Crippen molar-refractivity contribution in [2.45, 2.75) is 72.6 Å². The number of aliphatic hydroxyl groups is 1. The number of hydrogen-bond acceptors (Lipinski definition) is 10. The van der Waals surface area contributed by atoms with Gasteiger partial charge in [0.25, 0.3) is 0 Å². The van der Waals surface area contributed by atoms with Crippen LogP contribution in [-0.4, -0.2) is 50.9 Å². The van der Waals surface area contributed by atoms with Crippen molar-refractivity contribution in [1.29, 1.82) is 0 Å². The highest BCUT2D eigenvalue weighted by atomic mass is 19.1. The SMILES string of the molecule is CC(C)c1nc2c(c(-c3ccc(F)cc3)c1C=O)COCc1ncnn1-2.CC(C)c1nc2c(c(-c3ccc(F)cc3)c1CO)COCc1ncnn1-2. The van der Waals surface area contributed by atoms with Crippen molar-refractivity contribution >= 4 is 6.29 Å². The number of aromatic nitrogens is 8. The van der Waals surface area contributed by atoms with Crippen LogP contribution < -0.4 is 0 Å². The van der Waals surface area contributed by atoms with Gasteiger partial charge in [0.05, 0.1) is 31.2 Å². The summed E-state index contributed by atoms with van der Waals surface area (Å²) in [6.07, 6.45) is 3.74. The second-order valence-electron chi connectivity index (χ2n) is 13.0. The lowest BCUT2D eigenvalue weighted by molar-refractivity contribution is 0.105. The van der Waals surface area contributed by atoms with Crippen molar-refractivity contribution in [1.82, 2.24) is 39.5 Å². The molecule has 0 spiro atoms. The van der Waals surface area contributed by atoms with Crippen molar-refractivity contribution in [3.8, 4) is 33.9 Å². The van der Waals surface area contributed by atoms with E-state index < -0.39 is 0 Å². The first-order chi connectivity index (χ1) is 25.2. The third-order valence-corrected chi connectivity index (χ3v) is 8.98. The van der Waals surface area contributed by atoms with Crippen molar-refractivity contribution in [2.75, 3.05) is 0 Å². The Morgan fingerprint density at radius 2 is 1.17 bits per heavy atom. The van der Waals surface area contributed by atoms with Crippen molar-refractivity contribution < 1.29 is 28.2 Å². The lowest BCUT2D eigenvalue weighted by atomic mass is 9.91. The van der Waals surface area contributed by atoms with Crippen LogP contribution in [0.15, 0.2) is 61.2 Å². The van der Waals surface area contributed by atoms with E-state index >= 15 is 0 Å². The third kappa shape index (κ3) is 6.40. The van der Waals surface area contributed by atoms with Crippen LogP contribution in [0.25, 0.3) is 33.9 Å². The summed E-state index contributed by atoms with van der Waals surface area (Å²) in [7, 11) is 0. The molecule has 52 heavy (non-hydrogen) atoms. The van der Waals surface area contributed by atoms with E-state index in [2.05, 4.69) is 20.2 Å². The fourth-order valence-corrected chi connectivity index (χ4v) is 6.62. The minimum atomic E-state index is -0.333. The van der Waals surface area contributed by atoms with E-state index in [0.717, 1.165) is 45.4 Å². The van der Waals surface area contributed by atoms with Gasteiger partial charge >= 0.3 is 0 Å². The first kappa shape index (κ1) is 34.9. The largest absolute Gasteiger partial charge is 0.392 e. The number of pyridine rings is 2. The van der Waals surface area contributed by atoms with Gasteiger partial charge in [0.1, 0.15) is 37.5 Å². The highest BCUT2D eigenvalue weighted by molar-refractivity contribution is 5.91. The van der Waals surface area contributed by atoms with Gasteiger partial charge in [-0.05, 0) is 52.8 Å². The number of nitrogens with zero attached hydrogens (tertiary/aromatic N) is 8. The quantitative estimate of drug-likeness (QED) is 0.190. The summed E-state index contributed by atoms with van der Waals surface area (Å²) in [6.45, 7) is 9.04. The summed E-state index contributed by atoms with van der Waals surface area (Å²) in [6, 6.07) is 12.3. The molecule has 266 valence electrons. The minimum absolute atomic E-state index is 0.0239. The average molecular weight is 707 g/mol. The third-order valence-electron chi connectivity index (χ3n) is 8.98. The molecule has 0 radical (unpaired) electrons. The van der Waals surface area contributed by atoms with Gasteiger partial charge in [0.2, 0.25) is 0 Å². The zero-order chi connectivity index (χ0) is 36.5. The molecule has 0 atom stereocenters. The van der Waals surface area contributed by atoms with Gasteiger partial charge in [0, 0.05) is 27.8 Å². The molecule has 14 heteroatoms. The number of aldehydes is 1. The summed E-state index contributed by atoms with van der Waals surface area (Å²) >= 11 is 0. The maximum Gasteiger partial charge on any atom is 0.162 e. The summed E-state index contributed by atoms with van der Waals surface area (Å²) in [5, 5.41) is 18.7. The molecule has 2 aliphatic rings. The van der Waals surface area contributed by atoms with Gasteiger partial charge in [-0.1, -0.05) is 52.0 Å². The van der Waals surface area contributed by atoms with Gasteiger partial charge in [-0.25, -0.2) is 28.7 Å². The average Bonchev–Trinajstić information content (AvgIpc) is 3.73. The van der Waals surface area contributed by atoms with Gasteiger partial charge in [-0.3, -0.25) is 4.79 Å². The number of fused-ring (bicyclic) bond motifs is 6. The van der Waals surface area contributed by atoms with E-state index in [-0.39, 0.29) is 36.7 Å². The summed E-state index contributed by atoms with van der Waals surface area (Å²) in [5.41, 5.74) is 7.32. The predicted molar refractivity (Wildman–Crippen MR) is 186 cm³/mol. The minimum Gasteiger partial charge on any atom is -0.392 e. The Bertz CT molecular complexity index is 2250. The normalized spacial score (nSPS) is 13.3. The molecule has 0 amide bonds. The Morgan fingerprint density at radius 3 is 1.63 bits per heavy atom. The monoisotopic (exact) mass is 706 g/mol. The molecule has 4 aromatic heterocycles. The van der Waals surface area contributed by atoms with Crippen molar-refractivity contribution in [3.63, 3.8) is 0 Å². The number of ether oxygens (including phenoxy) is 2. The molecule has 0 saturated carbocycles. The number of aliphatic hydroxyl groups excluding tert-OH is 1. The number of benzene rings is 2. The second kappa shape index (κ2) is 14.6. The fourth-order valence-electron chi connectivity index (χ4n) is 6.62. The van der Waals surface area contributed by atoms with Crippen LogP contribution in [0, 0.1) is 11.6 Å². The number of rotatable bonds is 6. The van der Waals surface area contributed by atoms with Crippen LogP contribution in [-0.2, 0) is 42.5 Å². The smallest absolute Gasteiger partial charge is 0.162 e. The summed E-state index contributed by atoms with van der Waals surface area (Å²) < 4.78 is 41.7. The van der Waals surface area contributed by atoms with Crippen LogP contribution in [0.1, 0.15) is 89.6 Å². The number of carbonyl (C=O) groups is 1.